The molecule has 2 rings (SSSR count). The summed E-state index contributed by atoms with van der Waals surface area (Å²) < 4.78 is 18.3. The number of halogens is 2. The largest absolute Gasteiger partial charge is 0.444 e. The molecule has 0 radical (unpaired) electrons. The minimum absolute atomic E-state index is 0.0143. The van der Waals surface area contributed by atoms with Crippen molar-refractivity contribution in [2.75, 3.05) is 6.54 Å². The van der Waals surface area contributed by atoms with Crippen LogP contribution in [-0.2, 0) is 4.74 Å². The minimum Gasteiger partial charge on any atom is -0.444 e. The number of hydrogen-bond acceptors (Lipinski definition) is 4. The number of nitrogens with one attached hydrogen (secondary N) is 2. The van der Waals surface area contributed by atoms with Gasteiger partial charge >= 0.3 is 6.09 Å². The van der Waals surface area contributed by atoms with Gasteiger partial charge in [-0.1, -0.05) is 0 Å². The van der Waals surface area contributed by atoms with Gasteiger partial charge < -0.3 is 15.4 Å². The van der Waals surface area contributed by atoms with Crippen LogP contribution in [0.4, 0.5) is 9.18 Å². The Kier molecular flexibility index (Phi) is 5.79. The van der Waals surface area contributed by atoms with Gasteiger partial charge in [0.05, 0.1) is 0 Å². The Bertz CT molecular complexity index is 627. The van der Waals surface area contributed by atoms with E-state index in [-0.39, 0.29) is 28.2 Å². The number of aromatic nitrogens is 1. The van der Waals surface area contributed by atoms with Crippen molar-refractivity contribution in [3.63, 3.8) is 0 Å². The monoisotopic (exact) mass is 401 g/mol. The topological polar surface area (TPSA) is 80.3 Å². The number of pyridine rings is 1. The molecule has 2 amide bonds. The standard InChI is InChI=1S/C16H21BrFN3O3/c1-16(2,3)24-15(23)20-10-6-9(7-10)8-19-14(22)12-5-4-11(18)13(17)21-12/h4-5,9-10H,6-8H2,1-3H3,(H,19,22)(H,20,23). The Balaban J connectivity index is 1.69. The quantitative estimate of drug-likeness (QED) is 0.759. The fourth-order valence-corrected chi connectivity index (χ4v) is 2.69. The molecule has 24 heavy (non-hydrogen) atoms. The molecule has 1 fully saturated rings. The summed E-state index contributed by atoms with van der Waals surface area (Å²) in [6.07, 6.45) is 1.13. The predicted molar refractivity (Wildman–Crippen MR) is 90.1 cm³/mol. The number of carbonyl (C=O) groups is 2. The van der Waals surface area contributed by atoms with Gasteiger partial charge in [-0.2, -0.15) is 0 Å². The van der Waals surface area contributed by atoms with Crippen molar-refractivity contribution < 1.29 is 18.7 Å². The van der Waals surface area contributed by atoms with E-state index < -0.39 is 17.5 Å². The molecule has 1 aromatic rings. The molecule has 1 aliphatic carbocycles. The molecule has 0 atom stereocenters. The molecular weight excluding hydrogens is 381 g/mol. The lowest BCUT2D eigenvalue weighted by molar-refractivity contribution is 0.0450. The number of carbonyl (C=O) groups excluding carboxylic acids is 2. The third-order valence-corrected chi connectivity index (χ3v) is 4.10. The van der Waals surface area contributed by atoms with Crippen LogP contribution in [-0.4, -0.2) is 35.2 Å². The van der Waals surface area contributed by atoms with E-state index in [1.165, 1.54) is 12.1 Å². The number of ether oxygens (including phenoxy) is 1. The lowest BCUT2D eigenvalue weighted by Gasteiger charge is -2.36. The van der Waals surface area contributed by atoms with E-state index in [9.17, 15) is 14.0 Å². The molecular formula is C16H21BrFN3O3. The molecule has 1 saturated carbocycles. The van der Waals surface area contributed by atoms with Crippen LogP contribution in [0.3, 0.4) is 0 Å². The second kappa shape index (κ2) is 7.46. The zero-order chi connectivity index (χ0) is 17.9. The lowest BCUT2D eigenvalue weighted by atomic mass is 9.80. The normalized spacial score (nSPS) is 20.0. The van der Waals surface area contributed by atoms with Gasteiger partial charge in [-0.15, -0.1) is 0 Å². The maximum Gasteiger partial charge on any atom is 0.407 e. The molecule has 0 spiro atoms. The fourth-order valence-electron chi connectivity index (χ4n) is 2.37. The van der Waals surface area contributed by atoms with Gasteiger partial charge in [0.15, 0.2) is 5.82 Å². The lowest BCUT2D eigenvalue weighted by Crippen LogP contribution is -2.49. The van der Waals surface area contributed by atoms with Crippen LogP contribution < -0.4 is 10.6 Å². The highest BCUT2D eigenvalue weighted by molar-refractivity contribution is 9.10. The van der Waals surface area contributed by atoms with Crippen LogP contribution in [0.5, 0.6) is 0 Å². The SMILES string of the molecule is CC(C)(C)OC(=O)NC1CC(CNC(=O)c2ccc(F)c(Br)n2)C1. The Morgan fingerprint density at radius 2 is 2.04 bits per heavy atom. The van der Waals surface area contributed by atoms with E-state index >= 15 is 0 Å². The van der Waals surface area contributed by atoms with Gasteiger partial charge in [0.2, 0.25) is 0 Å². The molecule has 0 bridgehead atoms. The van der Waals surface area contributed by atoms with Crippen molar-refractivity contribution in [1.82, 2.24) is 15.6 Å². The summed E-state index contributed by atoms with van der Waals surface area (Å²) in [4.78, 5) is 27.4. The molecule has 6 nitrogen and oxygen atoms in total. The predicted octanol–water partition coefficient (Wildman–Crippen LogP) is 3.02. The van der Waals surface area contributed by atoms with Crippen molar-refractivity contribution in [1.29, 1.82) is 0 Å². The first kappa shape index (κ1) is 18.6. The van der Waals surface area contributed by atoms with Gasteiger partial charge in [-0.05, 0) is 67.6 Å². The number of amides is 2. The van der Waals surface area contributed by atoms with E-state index in [1.54, 1.807) is 0 Å². The Labute approximate surface area is 148 Å². The van der Waals surface area contributed by atoms with Crippen molar-refractivity contribution in [2.45, 2.75) is 45.3 Å². The van der Waals surface area contributed by atoms with Gasteiger partial charge in [0, 0.05) is 12.6 Å². The third kappa shape index (κ3) is 5.43. The van der Waals surface area contributed by atoms with E-state index in [4.69, 9.17) is 4.74 Å². The highest BCUT2D eigenvalue weighted by Gasteiger charge is 2.31. The van der Waals surface area contributed by atoms with Gasteiger partial charge in [0.25, 0.3) is 5.91 Å². The summed E-state index contributed by atoms with van der Waals surface area (Å²) >= 11 is 2.95. The van der Waals surface area contributed by atoms with Crippen LogP contribution in [0, 0.1) is 11.7 Å². The van der Waals surface area contributed by atoms with Crippen LogP contribution in [0.2, 0.25) is 0 Å². The van der Waals surface area contributed by atoms with Crippen molar-refractivity contribution in [2.24, 2.45) is 5.92 Å². The van der Waals surface area contributed by atoms with E-state index in [0.717, 1.165) is 12.8 Å². The summed E-state index contributed by atoms with van der Waals surface area (Å²) in [6, 6.07) is 2.60. The highest BCUT2D eigenvalue weighted by Crippen LogP contribution is 2.27. The molecule has 1 aromatic heterocycles. The summed E-state index contributed by atoms with van der Waals surface area (Å²) in [5.74, 6) is -0.571. The maximum atomic E-state index is 13.1. The fraction of sp³-hybridized carbons (Fsp3) is 0.562. The second-order valence-electron chi connectivity index (χ2n) is 6.86. The average molecular weight is 402 g/mol. The molecule has 2 N–H and O–H groups in total. The Morgan fingerprint density at radius 3 is 2.62 bits per heavy atom. The molecule has 0 saturated heterocycles. The molecule has 0 unspecified atom stereocenters. The van der Waals surface area contributed by atoms with Crippen LogP contribution in [0.1, 0.15) is 44.1 Å². The number of rotatable bonds is 4. The van der Waals surface area contributed by atoms with Gasteiger partial charge in [-0.25, -0.2) is 14.2 Å². The smallest absolute Gasteiger partial charge is 0.407 e. The number of nitrogens with zero attached hydrogens (tertiary/aromatic N) is 1. The summed E-state index contributed by atoms with van der Waals surface area (Å²) in [6.45, 7) is 5.93. The van der Waals surface area contributed by atoms with Gasteiger partial charge in [-0.3, -0.25) is 4.79 Å². The van der Waals surface area contributed by atoms with E-state index in [2.05, 4.69) is 31.5 Å². The first-order valence-electron chi connectivity index (χ1n) is 7.74. The first-order valence-corrected chi connectivity index (χ1v) is 8.53. The van der Waals surface area contributed by atoms with E-state index in [0.29, 0.717) is 6.54 Å². The van der Waals surface area contributed by atoms with Crippen LogP contribution in [0.25, 0.3) is 0 Å². The molecule has 1 aliphatic rings. The van der Waals surface area contributed by atoms with Gasteiger partial charge in [0.1, 0.15) is 15.9 Å². The maximum absolute atomic E-state index is 13.1. The third-order valence-electron chi connectivity index (χ3n) is 3.54. The second-order valence-corrected chi connectivity index (χ2v) is 7.61. The number of alkyl carbamates (subject to hydrolysis) is 1. The summed E-state index contributed by atoms with van der Waals surface area (Å²) in [7, 11) is 0. The zero-order valence-electron chi connectivity index (χ0n) is 13.9. The van der Waals surface area contributed by atoms with E-state index in [1.807, 2.05) is 20.8 Å². The summed E-state index contributed by atoms with van der Waals surface area (Å²) in [5, 5.41) is 5.57. The minimum atomic E-state index is -0.516. The van der Waals surface area contributed by atoms with Crippen molar-refractivity contribution in [3.8, 4) is 0 Å². The average Bonchev–Trinajstić information content (AvgIpc) is 2.41. The zero-order valence-corrected chi connectivity index (χ0v) is 15.4. The highest BCUT2D eigenvalue weighted by atomic mass is 79.9. The van der Waals surface area contributed by atoms with Crippen LogP contribution in [0.15, 0.2) is 16.7 Å². The molecule has 132 valence electrons. The van der Waals surface area contributed by atoms with Crippen molar-refractivity contribution in [3.05, 3.63) is 28.2 Å². The molecule has 0 aromatic carbocycles. The number of hydrogen-bond donors (Lipinski definition) is 2. The van der Waals surface area contributed by atoms with Crippen LogP contribution >= 0.6 is 15.9 Å². The molecule has 0 aliphatic heterocycles. The molecule has 8 heteroatoms. The Hall–Kier alpha value is -1.70. The first-order chi connectivity index (χ1) is 11.1. The summed E-state index contributed by atoms with van der Waals surface area (Å²) in [5.41, 5.74) is -0.358. The Morgan fingerprint density at radius 1 is 1.38 bits per heavy atom. The van der Waals surface area contributed by atoms with Crippen molar-refractivity contribution >= 4 is 27.9 Å². The molecule has 1 heterocycles.